The summed E-state index contributed by atoms with van der Waals surface area (Å²) in [5, 5.41) is 3.54. The van der Waals surface area contributed by atoms with E-state index in [1.165, 1.54) is 0 Å². The summed E-state index contributed by atoms with van der Waals surface area (Å²) in [6.07, 6.45) is 1.72. The number of nitrogens with one attached hydrogen (secondary N) is 1. The molecule has 1 heterocycles. The topological polar surface area (TPSA) is 25.2 Å². The third-order valence-electron chi connectivity index (χ3n) is 2.27. The predicted molar refractivity (Wildman–Crippen MR) is 71.9 cm³/mol. The third kappa shape index (κ3) is 5.08. The summed E-state index contributed by atoms with van der Waals surface area (Å²) in [5.74, 6) is 2.13. The zero-order chi connectivity index (χ0) is 12.2. The van der Waals surface area contributed by atoms with Crippen molar-refractivity contribution in [2.45, 2.75) is 51.4 Å². The molecule has 0 aliphatic heterocycles. The van der Waals surface area contributed by atoms with Crippen LogP contribution in [0.1, 0.15) is 46.4 Å². The summed E-state index contributed by atoms with van der Waals surface area (Å²) in [4.78, 5) is 0. The summed E-state index contributed by atoms with van der Waals surface area (Å²) < 4.78 is 5.71. The number of thioether (sulfide) groups is 1. The number of furan rings is 1. The molecule has 0 aliphatic carbocycles. The van der Waals surface area contributed by atoms with Gasteiger partial charge in [-0.05, 0) is 26.0 Å². The van der Waals surface area contributed by atoms with Crippen LogP contribution in [0.3, 0.4) is 0 Å². The van der Waals surface area contributed by atoms with Crippen LogP contribution in [0.5, 0.6) is 0 Å². The van der Waals surface area contributed by atoms with E-state index in [0.717, 1.165) is 11.5 Å². The molecule has 0 amide bonds. The van der Waals surface area contributed by atoms with Crippen molar-refractivity contribution in [2.24, 2.45) is 0 Å². The molecule has 1 aromatic rings. The molecule has 0 aliphatic rings. The van der Waals surface area contributed by atoms with Crippen LogP contribution < -0.4 is 5.32 Å². The van der Waals surface area contributed by atoms with Gasteiger partial charge in [0.1, 0.15) is 5.76 Å². The molecule has 1 rings (SSSR count). The highest BCUT2D eigenvalue weighted by molar-refractivity contribution is 8.00. The highest BCUT2D eigenvalue weighted by Gasteiger charge is 2.15. The smallest absolute Gasteiger partial charge is 0.120 e. The SMILES string of the molecule is CC(CSC(C)(C)C)NC(C)c1ccco1. The lowest BCUT2D eigenvalue weighted by atomic mass is 10.2. The average Bonchev–Trinajstić information content (AvgIpc) is 2.66. The summed E-state index contributed by atoms with van der Waals surface area (Å²) in [6, 6.07) is 4.72. The van der Waals surface area contributed by atoms with Crippen molar-refractivity contribution in [2.75, 3.05) is 5.75 Å². The van der Waals surface area contributed by atoms with E-state index in [9.17, 15) is 0 Å². The molecule has 0 bridgehead atoms. The van der Waals surface area contributed by atoms with Gasteiger partial charge in [0.05, 0.1) is 12.3 Å². The molecule has 0 spiro atoms. The van der Waals surface area contributed by atoms with Gasteiger partial charge in [-0.15, -0.1) is 0 Å². The first-order chi connectivity index (χ1) is 7.38. The molecule has 16 heavy (non-hydrogen) atoms. The van der Waals surface area contributed by atoms with Crippen molar-refractivity contribution >= 4 is 11.8 Å². The van der Waals surface area contributed by atoms with Crippen molar-refractivity contribution in [1.29, 1.82) is 0 Å². The summed E-state index contributed by atoms with van der Waals surface area (Å²) in [5.41, 5.74) is 0. The van der Waals surface area contributed by atoms with Gasteiger partial charge in [0.2, 0.25) is 0 Å². The molecular formula is C13H23NOS. The Hall–Kier alpha value is -0.410. The van der Waals surface area contributed by atoms with Gasteiger partial charge >= 0.3 is 0 Å². The summed E-state index contributed by atoms with van der Waals surface area (Å²) in [7, 11) is 0. The van der Waals surface area contributed by atoms with E-state index in [-0.39, 0.29) is 6.04 Å². The fourth-order valence-electron chi connectivity index (χ4n) is 1.47. The second-order valence-corrected chi connectivity index (χ2v) is 7.07. The third-order valence-corrected chi connectivity index (χ3v) is 3.80. The molecule has 1 aromatic heterocycles. The highest BCUT2D eigenvalue weighted by Crippen LogP contribution is 2.24. The second-order valence-electron chi connectivity index (χ2n) is 5.23. The summed E-state index contributed by atoms with van der Waals surface area (Å²) in [6.45, 7) is 11.1. The van der Waals surface area contributed by atoms with Gasteiger partial charge in [-0.1, -0.05) is 20.8 Å². The molecule has 0 aromatic carbocycles. The summed E-state index contributed by atoms with van der Waals surface area (Å²) >= 11 is 1.99. The Bertz CT molecular complexity index is 289. The molecular weight excluding hydrogens is 218 g/mol. The Morgan fingerprint density at radius 3 is 2.56 bits per heavy atom. The second kappa shape index (κ2) is 5.78. The van der Waals surface area contributed by atoms with Crippen LogP contribution in [-0.4, -0.2) is 16.5 Å². The van der Waals surface area contributed by atoms with Crippen LogP contribution in [0.2, 0.25) is 0 Å². The largest absolute Gasteiger partial charge is 0.468 e. The van der Waals surface area contributed by atoms with E-state index in [1.54, 1.807) is 6.26 Å². The molecule has 2 nitrogen and oxygen atoms in total. The molecule has 2 unspecified atom stereocenters. The van der Waals surface area contributed by atoms with Crippen molar-refractivity contribution in [1.82, 2.24) is 5.32 Å². The normalized spacial score (nSPS) is 16.1. The first kappa shape index (κ1) is 13.7. The van der Waals surface area contributed by atoms with Gasteiger partial charge in [0, 0.05) is 16.5 Å². The fraction of sp³-hybridized carbons (Fsp3) is 0.692. The minimum atomic E-state index is 0.283. The van der Waals surface area contributed by atoms with E-state index >= 15 is 0 Å². The lowest BCUT2D eigenvalue weighted by molar-refractivity contribution is 0.410. The quantitative estimate of drug-likeness (QED) is 0.847. The molecule has 1 N–H and O–H groups in total. The minimum Gasteiger partial charge on any atom is -0.468 e. The van der Waals surface area contributed by atoms with E-state index in [0.29, 0.717) is 10.8 Å². The Labute approximate surface area is 103 Å². The van der Waals surface area contributed by atoms with Crippen molar-refractivity contribution in [3.05, 3.63) is 24.2 Å². The maximum absolute atomic E-state index is 5.37. The Balaban J connectivity index is 2.32. The van der Waals surface area contributed by atoms with Crippen LogP contribution in [-0.2, 0) is 0 Å². The van der Waals surface area contributed by atoms with E-state index in [1.807, 2.05) is 23.9 Å². The molecule has 2 atom stereocenters. The molecule has 0 saturated heterocycles. The Morgan fingerprint density at radius 2 is 2.06 bits per heavy atom. The van der Waals surface area contributed by atoms with E-state index in [2.05, 4.69) is 39.9 Å². The van der Waals surface area contributed by atoms with Gasteiger partial charge in [-0.3, -0.25) is 0 Å². The van der Waals surface area contributed by atoms with Gasteiger partial charge < -0.3 is 9.73 Å². The van der Waals surface area contributed by atoms with Gasteiger partial charge in [0.25, 0.3) is 0 Å². The number of hydrogen-bond donors (Lipinski definition) is 1. The maximum Gasteiger partial charge on any atom is 0.120 e. The fourth-order valence-corrected chi connectivity index (χ4v) is 2.32. The van der Waals surface area contributed by atoms with Crippen LogP contribution in [0.15, 0.2) is 22.8 Å². The van der Waals surface area contributed by atoms with Crippen LogP contribution in [0.25, 0.3) is 0 Å². The standard InChI is InChI=1S/C13H23NOS/c1-10(9-16-13(3,4)5)14-11(2)12-7-6-8-15-12/h6-8,10-11,14H,9H2,1-5H3. The van der Waals surface area contributed by atoms with Gasteiger partial charge in [-0.25, -0.2) is 0 Å². The zero-order valence-electron chi connectivity index (χ0n) is 10.9. The van der Waals surface area contributed by atoms with Gasteiger partial charge in [-0.2, -0.15) is 11.8 Å². The van der Waals surface area contributed by atoms with Crippen LogP contribution in [0, 0.1) is 0 Å². The maximum atomic E-state index is 5.37. The average molecular weight is 241 g/mol. The van der Waals surface area contributed by atoms with Crippen LogP contribution >= 0.6 is 11.8 Å². The van der Waals surface area contributed by atoms with Crippen molar-refractivity contribution in [3.8, 4) is 0 Å². The van der Waals surface area contributed by atoms with Gasteiger partial charge in [0.15, 0.2) is 0 Å². The van der Waals surface area contributed by atoms with E-state index < -0.39 is 0 Å². The highest BCUT2D eigenvalue weighted by atomic mass is 32.2. The predicted octanol–water partition coefficient (Wildman–Crippen LogP) is 3.85. The lowest BCUT2D eigenvalue weighted by Gasteiger charge is -2.23. The molecule has 0 radical (unpaired) electrons. The van der Waals surface area contributed by atoms with Crippen LogP contribution in [0.4, 0.5) is 0 Å². The Morgan fingerprint density at radius 1 is 1.38 bits per heavy atom. The van der Waals surface area contributed by atoms with Crippen molar-refractivity contribution < 1.29 is 4.42 Å². The van der Waals surface area contributed by atoms with Crippen molar-refractivity contribution in [3.63, 3.8) is 0 Å². The Kier molecular flexibility index (Phi) is 4.93. The molecule has 3 heteroatoms. The molecule has 92 valence electrons. The number of hydrogen-bond acceptors (Lipinski definition) is 3. The first-order valence-corrected chi connectivity index (χ1v) is 6.80. The molecule has 0 saturated carbocycles. The molecule has 0 fully saturated rings. The monoisotopic (exact) mass is 241 g/mol. The minimum absolute atomic E-state index is 0.283. The zero-order valence-corrected chi connectivity index (χ0v) is 11.7. The number of rotatable bonds is 5. The van der Waals surface area contributed by atoms with E-state index in [4.69, 9.17) is 4.42 Å². The lowest BCUT2D eigenvalue weighted by Crippen LogP contribution is -2.32. The first-order valence-electron chi connectivity index (χ1n) is 5.82.